The Labute approximate surface area is 159 Å². The number of carbonyl (C=O) groups excluding carboxylic acids is 2. The molecule has 0 unspecified atom stereocenters. The van der Waals surface area contributed by atoms with Crippen molar-refractivity contribution in [3.05, 3.63) is 108 Å². The molecule has 3 nitrogen and oxygen atoms in total. The second-order valence-electron chi connectivity index (χ2n) is 6.29. The van der Waals surface area contributed by atoms with Crippen LogP contribution in [0.1, 0.15) is 16.7 Å². The molecule has 3 aromatic rings. The van der Waals surface area contributed by atoms with Gasteiger partial charge in [0.1, 0.15) is 0 Å². The summed E-state index contributed by atoms with van der Waals surface area (Å²) < 4.78 is 0. The molecule has 0 radical (unpaired) electrons. The maximum Gasteiger partial charge on any atom is 0.255 e. The summed E-state index contributed by atoms with van der Waals surface area (Å²) in [4.78, 5) is 27.0. The van der Waals surface area contributed by atoms with E-state index in [1.54, 1.807) is 11.9 Å². The molecule has 0 aliphatic carbocycles. The van der Waals surface area contributed by atoms with E-state index in [2.05, 4.69) is 0 Å². The average Bonchev–Trinajstić information content (AvgIpc) is 2.73. The Hall–Kier alpha value is -3.46. The quantitative estimate of drug-likeness (QED) is 0.372. The summed E-state index contributed by atoms with van der Waals surface area (Å²) in [7, 11) is 1.76. The molecule has 0 aromatic heterocycles. The summed E-state index contributed by atoms with van der Waals surface area (Å²) in [6.07, 6.45) is 0.770. The lowest BCUT2D eigenvalue weighted by Gasteiger charge is -2.21. The highest BCUT2D eigenvalue weighted by Gasteiger charge is 2.22. The van der Waals surface area contributed by atoms with Crippen molar-refractivity contribution >= 4 is 23.3 Å². The molecule has 0 fully saturated rings. The number of amides is 1. The summed E-state index contributed by atoms with van der Waals surface area (Å²) in [5, 5.41) is 0. The van der Waals surface area contributed by atoms with Crippen molar-refractivity contribution in [3.63, 3.8) is 0 Å². The second-order valence-corrected chi connectivity index (χ2v) is 6.29. The molecule has 0 saturated carbocycles. The third-order valence-corrected chi connectivity index (χ3v) is 4.36. The molecule has 0 spiro atoms. The maximum atomic E-state index is 13.3. The van der Waals surface area contributed by atoms with Crippen molar-refractivity contribution in [3.8, 4) is 0 Å². The molecule has 3 heteroatoms. The second kappa shape index (κ2) is 8.77. The Morgan fingerprint density at radius 1 is 0.778 bits per heavy atom. The van der Waals surface area contributed by atoms with E-state index in [1.165, 1.54) is 0 Å². The predicted molar refractivity (Wildman–Crippen MR) is 109 cm³/mol. The van der Waals surface area contributed by atoms with Crippen LogP contribution in [0.2, 0.25) is 0 Å². The SMILES string of the molecule is CN(Cc1ccccc1)C(=O)/C(=C(\C=O)c1ccccc1)c1ccccc1. The number of aldehydes is 1. The number of hydrogen-bond donors (Lipinski definition) is 0. The number of benzene rings is 3. The standard InChI is InChI=1S/C24H21NO2/c1-25(17-19-11-5-2-6-12-19)24(27)23(21-15-9-4-10-16-21)22(18-26)20-13-7-3-8-14-20/h2-16,18H,17H2,1H3/b23-22+. The van der Waals surface area contributed by atoms with E-state index in [4.69, 9.17) is 0 Å². The van der Waals surface area contributed by atoms with E-state index in [-0.39, 0.29) is 5.91 Å². The number of likely N-dealkylation sites (N-methyl/N-ethyl adjacent to an activating group) is 1. The molecule has 0 atom stereocenters. The Balaban J connectivity index is 2.06. The van der Waals surface area contributed by atoms with Crippen LogP contribution in [0, 0.1) is 0 Å². The van der Waals surface area contributed by atoms with E-state index in [0.29, 0.717) is 17.7 Å². The highest BCUT2D eigenvalue weighted by Crippen LogP contribution is 2.27. The summed E-state index contributed by atoms with van der Waals surface area (Å²) in [6, 6.07) is 28.4. The van der Waals surface area contributed by atoms with E-state index in [1.807, 2.05) is 91.0 Å². The van der Waals surface area contributed by atoms with Crippen LogP contribution in [0.3, 0.4) is 0 Å². The van der Waals surface area contributed by atoms with Crippen LogP contribution < -0.4 is 0 Å². The van der Waals surface area contributed by atoms with Gasteiger partial charge in [0.2, 0.25) is 0 Å². The minimum absolute atomic E-state index is 0.184. The van der Waals surface area contributed by atoms with Gasteiger partial charge in [-0.15, -0.1) is 0 Å². The molecule has 0 aliphatic heterocycles. The molecule has 0 saturated heterocycles. The van der Waals surface area contributed by atoms with Crippen molar-refractivity contribution < 1.29 is 9.59 Å². The minimum Gasteiger partial charge on any atom is -0.337 e. The van der Waals surface area contributed by atoms with Gasteiger partial charge >= 0.3 is 0 Å². The van der Waals surface area contributed by atoms with Gasteiger partial charge in [0.25, 0.3) is 5.91 Å². The lowest BCUT2D eigenvalue weighted by molar-refractivity contribution is -0.124. The first-order valence-electron chi connectivity index (χ1n) is 8.80. The molecule has 0 aliphatic rings. The zero-order valence-corrected chi connectivity index (χ0v) is 15.2. The molecule has 0 N–H and O–H groups in total. The van der Waals surface area contributed by atoms with E-state index in [0.717, 1.165) is 23.0 Å². The van der Waals surface area contributed by atoms with Gasteiger partial charge in [-0.2, -0.15) is 0 Å². The molecule has 0 bridgehead atoms. The van der Waals surface area contributed by atoms with Gasteiger partial charge < -0.3 is 4.90 Å². The lowest BCUT2D eigenvalue weighted by atomic mass is 9.94. The summed E-state index contributed by atoms with van der Waals surface area (Å²) in [6.45, 7) is 0.469. The normalized spacial score (nSPS) is 11.4. The van der Waals surface area contributed by atoms with Crippen LogP contribution in [0.5, 0.6) is 0 Å². The number of rotatable bonds is 6. The van der Waals surface area contributed by atoms with Crippen LogP contribution in [-0.2, 0) is 16.1 Å². The first-order valence-corrected chi connectivity index (χ1v) is 8.80. The van der Waals surface area contributed by atoms with Gasteiger partial charge in [0, 0.05) is 19.2 Å². The highest BCUT2D eigenvalue weighted by atomic mass is 16.2. The number of hydrogen-bond acceptors (Lipinski definition) is 2. The van der Waals surface area contributed by atoms with Crippen LogP contribution in [-0.4, -0.2) is 24.1 Å². The van der Waals surface area contributed by atoms with E-state index < -0.39 is 0 Å². The zero-order chi connectivity index (χ0) is 19.1. The molecule has 27 heavy (non-hydrogen) atoms. The summed E-state index contributed by atoms with van der Waals surface area (Å²) >= 11 is 0. The van der Waals surface area contributed by atoms with Crippen LogP contribution in [0.25, 0.3) is 11.1 Å². The van der Waals surface area contributed by atoms with E-state index in [9.17, 15) is 9.59 Å². The molecular weight excluding hydrogens is 334 g/mol. The fourth-order valence-electron chi connectivity index (χ4n) is 3.01. The zero-order valence-electron chi connectivity index (χ0n) is 15.2. The van der Waals surface area contributed by atoms with Crippen LogP contribution in [0.4, 0.5) is 0 Å². The van der Waals surface area contributed by atoms with Gasteiger partial charge in [0.05, 0.1) is 5.57 Å². The van der Waals surface area contributed by atoms with Crippen molar-refractivity contribution in [2.45, 2.75) is 6.54 Å². The number of nitrogens with zero attached hydrogens (tertiary/aromatic N) is 1. The van der Waals surface area contributed by atoms with Crippen molar-refractivity contribution in [1.29, 1.82) is 0 Å². The molecule has 1 amide bonds. The third kappa shape index (κ3) is 4.39. The first-order chi connectivity index (χ1) is 13.2. The van der Waals surface area contributed by atoms with Gasteiger partial charge in [-0.1, -0.05) is 91.0 Å². The van der Waals surface area contributed by atoms with Crippen molar-refractivity contribution in [1.82, 2.24) is 4.90 Å². The molecule has 3 rings (SSSR count). The number of carbonyl (C=O) groups is 2. The van der Waals surface area contributed by atoms with Crippen LogP contribution in [0.15, 0.2) is 91.0 Å². The Kier molecular flexibility index (Phi) is 5.95. The summed E-state index contributed by atoms with van der Waals surface area (Å²) in [5.74, 6) is -0.184. The summed E-state index contributed by atoms with van der Waals surface area (Å²) in [5.41, 5.74) is 3.30. The van der Waals surface area contributed by atoms with E-state index >= 15 is 0 Å². The predicted octanol–water partition coefficient (Wildman–Crippen LogP) is 4.45. The molecular formula is C24H21NO2. The monoisotopic (exact) mass is 355 g/mol. The minimum atomic E-state index is -0.184. The number of allylic oxidation sites excluding steroid dienone is 1. The topological polar surface area (TPSA) is 37.4 Å². The smallest absolute Gasteiger partial charge is 0.255 e. The molecule has 0 heterocycles. The fraction of sp³-hybridized carbons (Fsp3) is 0.0833. The third-order valence-electron chi connectivity index (χ3n) is 4.36. The largest absolute Gasteiger partial charge is 0.337 e. The molecule has 134 valence electrons. The lowest BCUT2D eigenvalue weighted by Crippen LogP contribution is -2.28. The van der Waals surface area contributed by atoms with Gasteiger partial charge in [-0.05, 0) is 16.7 Å². The highest BCUT2D eigenvalue weighted by molar-refractivity contribution is 6.35. The van der Waals surface area contributed by atoms with Gasteiger partial charge in [-0.3, -0.25) is 9.59 Å². The Morgan fingerprint density at radius 3 is 1.78 bits per heavy atom. The van der Waals surface area contributed by atoms with Crippen LogP contribution >= 0.6 is 0 Å². The van der Waals surface area contributed by atoms with Crippen molar-refractivity contribution in [2.24, 2.45) is 0 Å². The van der Waals surface area contributed by atoms with Gasteiger partial charge in [0.15, 0.2) is 6.29 Å². The Morgan fingerprint density at radius 2 is 1.26 bits per heavy atom. The van der Waals surface area contributed by atoms with Gasteiger partial charge in [-0.25, -0.2) is 0 Å². The Bertz CT molecular complexity index is 932. The average molecular weight is 355 g/mol. The fourth-order valence-corrected chi connectivity index (χ4v) is 3.01. The van der Waals surface area contributed by atoms with Crippen molar-refractivity contribution in [2.75, 3.05) is 7.05 Å². The maximum absolute atomic E-state index is 13.3. The molecule has 3 aromatic carbocycles. The first kappa shape index (κ1) is 18.3.